The van der Waals surface area contributed by atoms with Gasteiger partial charge in [-0.1, -0.05) is 18.2 Å². The number of nitrogens with zero attached hydrogens (tertiary/aromatic N) is 2. The highest BCUT2D eigenvalue weighted by atomic mass is 16.5. The predicted octanol–water partition coefficient (Wildman–Crippen LogP) is 2.64. The molecule has 154 valence electrons. The van der Waals surface area contributed by atoms with Crippen molar-refractivity contribution in [2.45, 2.75) is 13.8 Å². The Labute approximate surface area is 172 Å². The standard InChI is InChI=1S/C23H29N3O3/c1-17-6-4-9-21(18(17)2)25-11-13-26(14-12-25)23(28)20-8-5-7-19(16-20)22(27)24-10-15-29-3/h4-9,16H,10-15H2,1-3H3,(H,24,27). The Balaban J connectivity index is 1.63. The summed E-state index contributed by atoms with van der Waals surface area (Å²) in [5.41, 5.74) is 4.85. The number of aryl methyl sites for hydroxylation is 1. The molecule has 1 fully saturated rings. The first-order valence-corrected chi connectivity index (χ1v) is 9.99. The summed E-state index contributed by atoms with van der Waals surface area (Å²) < 4.78 is 4.94. The number of piperazine rings is 1. The molecule has 29 heavy (non-hydrogen) atoms. The first kappa shape index (κ1) is 20.9. The fraction of sp³-hybridized carbons (Fsp3) is 0.391. The van der Waals surface area contributed by atoms with Gasteiger partial charge in [0.05, 0.1) is 6.61 Å². The van der Waals surface area contributed by atoms with Crippen molar-refractivity contribution >= 4 is 17.5 Å². The molecule has 6 heteroatoms. The quantitative estimate of drug-likeness (QED) is 0.764. The lowest BCUT2D eigenvalue weighted by Gasteiger charge is -2.37. The first-order chi connectivity index (χ1) is 14.0. The number of carbonyl (C=O) groups is 2. The van der Waals surface area contributed by atoms with Crippen LogP contribution >= 0.6 is 0 Å². The summed E-state index contributed by atoms with van der Waals surface area (Å²) >= 11 is 0. The second-order valence-electron chi connectivity index (χ2n) is 7.33. The summed E-state index contributed by atoms with van der Waals surface area (Å²) in [6.45, 7) is 8.08. The second kappa shape index (κ2) is 9.56. The summed E-state index contributed by atoms with van der Waals surface area (Å²) in [4.78, 5) is 29.4. The molecule has 0 aromatic heterocycles. The van der Waals surface area contributed by atoms with Gasteiger partial charge >= 0.3 is 0 Å². The van der Waals surface area contributed by atoms with Crippen LogP contribution in [0.1, 0.15) is 31.8 Å². The Hall–Kier alpha value is -2.86. The average molecular weight is 396 g/mol. The zero-order valence-electron chi connectivity index (χ0n) is 17.4. The molecule has 0 saturated carbocycles. The smallest absolute Gasteiger partial charge is 0.253 e. The minimum Gasteiger partial charge on any atom is -0.383 e. The van der Waals surface area contributed by atoms with Crippen LogP contribution in [-0.2, 0) is 4.74 Å². The minimum atomic E-state index is -0.198. The molecule has 6 nitrogen and oxygen atoms in total. The Morgan fingerprint density at radius 3 is 2.41 bits per heavy atom. The molecule has 2 amide bonds. The van der Waals surface area contributed by atoms with Crippen LogP contribution in [0.3, 0.4) is 0 Å². The summed E-state index contributed by atoms with van der Waals surface area (Å²) in [6.07, 6.45) is 0. The Morgan fingerprint density at radius 2 is 1.69 bits per heavy atom. The number of carbonyl (C=O) groups excluding carboxylic acids is 2. The van der Waals surface area contributed by atoms with Crippen molar-refractivity contribution in [3.63, 3.8) is 0 Å². The fourth-order valence-corrected chi connectivity index (χ4v) is 3.57. The van der Waals surface area contributed by atoms with Crippen LogP contribution in [0, 0.1) is 13.8 Å². The number of hydrogen-bond acceptors (Lipinski definition) is 4. The summed E-state index contributed by atoms with van der Waals surface area (Å²) in [7, 11) is 1.59. The van der Waals surface area contributed by atoms with Crippen molar-refractivity contribution in [2.75, 3.05) is 51.3 Å². The minimum absolute atomic E-state index is 0.0304. The topological polar surface area (TPSA) is 61.9 Å². The third kappa shape index (κ3) is 4.95. The Bertz CT molecular complexity index is 873. The van der Waals surface area contributed by atoms with E-state index in [1.165, 1.54) is 16.8 Å². The van der Waals surface area contributed by atoms with E-state index < -0.39 is 0 Å². The highest BCUT2D eigenvalue weighted by Crippen LogP contribution is 2.24. The second-order valence-corrected chi connectivity index (χ2v) is 7.33. The molecule has 1 aliphatic rings. The van der Waals surface area contributed by atoms with Crippen molar-refractivity contribution in [1.82, 2.24) is 10.2 Å². The van der Waals surface area contributed by atoms with Crippen LogP contribution < -0.4 is 10.2 Å². The van der Waals surface area contributed by atoms with E-state index in [9.17, 15) is 9.59 Å². The fourth-order valence-electron chi connectivity index (χ4n) is 3.57. The molecule has 1 saturated heterocycles. The Kier molecular flexibility index (Phi) is 6.88. The average Bonchev–Trinajstić information content (AvgIpc) is 2.75. The largest absolute Gasteiger partial charge is 0.383 e. The van der Waals surface area contributed by atoms with Crippen molar-refractivity contribution in [3.8, 4) is 0 Å². The van der Waals surface area contributed by atoms with Crippen LogP contribution in [0.25, 0.3) is 0 Å². The van der Waals surface area contributed by atoms with E-state index in [1.54, 1.807) is 31.4 Å². The number of anilines is 1. The van der Waals surface area contributed by atoms with Crippen LogP contribution in [-0.4, -0.2) is 63.2 Å². The monoisotopic (exact) mass is 395 g/mol. The summed E-state index contributed by atoms with van der Waals surface area (Å²) in [5, 5.41) is 2.78. The zero-order valence-corrected chi connectivity index (χ0v) is 17.4. The van der Waals surface area contributed by atoms with Gasteiger partial charge in [0.15, 0.2) is 0 Å². The third-order valence-corrected chi connectivity index (χ3v) is 5.45. The van der Waals surface area contributed by atoms with Crippen molar-refractivity contribution < 1.29 is 14.3 Å². The van der Waals surface area contributed by atoms with Crippen molar-refractivity contribution in [1.29, 1.82) is 0 Å². The maximum absolute atomic E-state index is 13.0. The van der Waals surface area contributed by atoms with Crippen LogP contribution in [0.2, 0.25) is 0 Å². The molecule has 0 spiro atoms. The van der Waals surface area contributed by atoms with Gasteiger partial charge in [0.2, 0.25) is 0 Å². The normalized spacial score (nSPS) is 14.0. The summed E-state index contributed by atoms with van der Waals surface area (Å²) in [6, 6.07) is 13.3. The molecule has 2 aromatic rings. The van der Waals surface area contributed by atoms with Gasteiger partial charge in [-0.05, 0) is 49.2 Å². The van der Waals surface area contributed by atoms with Gasteiger partial charge in [-0.3, -0.25) is 9.59 Å². The van der Waals surface area contributed by atoms with E-state index in [4.69, 9.17) is 4.74 Å². The molecular formula is C23H29N3O3. The van der Waals surface area contributed by atoms with E-state index in [0.29, 0.717) is 37.4 Å². The molecule has 0 radical (unpaired) electrons. The first-order valence-electron chi connectivity index (χ1n) is 9.99. The van der Waals surface area contributed by atoms with Gasteiger partial charge in [-0.25, -0.2) is 0 Å². The highest BCUT2D eigenvalue weighted by molar-refractivity contribution is 5.99. The molecule has 0 aliphatic carbocycles. The van der Waals surface area contributed by atoms with Gasteiger partial charge in [-0.2, -0.15) is 0 Å². The van der Waals surface area contributed by atoms with Crippen molar-refractivity contribution in [3.05, 3.63) is 64.7 Å². The molecular weight excluding hydrogens is 366 g/mol. The van der Waals surface area contributed by atoms with Crippen molar-refractivity contribution in [2.24, 2.45) is 0 Å². The van der Waals surface area contributed by atoms with Crippen LogP contribution in [0.5, 0.6) is 0 Å². The van der Waals surface area contributed by atoms with Crippen LogP contribution in [0.4, 0.5) is 5.69 Å². The number of ether oxygens (including phenoxy) is 1. The molecule has 0 atom stereocenters. The van der Waals surface area contributed by atoms with Gasteiger partial charge in [0.1, 0.15) is 0 Å². The lowest BCUT2D eigenvalue weighted by atomic mass is 10.1. The van der Waals surface area contributed by atoms with Gasteiger partial charge in [0.25, 0.3) is 11.8 Å². The molecule has 1 aliphatic heterocycles. The molecule has 1 heterocycles. The number of benzene rings is 2. The molecule has 0 unspecified atom stereocenters. The number of nitrogens with one attached hydrogen (secondary N) is 1. The maximum atomic E-state index is 13.0. The zero-order chi connectivity index (χ0) is 20.8. The number of methoxy groups -OCH3 is 1. The predicted molar refractivity (Wildman–Crippen MR) is 115 cm³/mol. The summed E-state index contributed by atoms with van der Waals surface area (Å²) in [5.74, 6) is -0.228. The Morgan fingerprint density at radius 1 is 1.00 bits per heavy atom. The van der Waals surface area contributed by atoms with Gasteiger partial charge in [0, 0.05) is 56.6 Å². The van der Waals surface area contributed by atoms with E-state index in [0.717, 1.165) is 13.1 Å². The highest BCUT2D eigenvalue weighted by Gasteiger charge is 2.23. The number of amides is 2. The van der Waals surface area contributed by atoms with E-state index in [-0.39, 0.29) is 11.8 Å². The SMILES string of the molecule is COCCNC(=O)c1cccc(C(=O)N2CCN(c3cccc(C)c3C)CC2)c1. The molecule has 3 rings (SSSR count). The maximum Gasteiger partial charge on any atom is 0.253 e. The van der Waals surface area contributed by atoms with Crippen LogP contribution in [0.15, 0.2) is 42.5 Å². The van der Waals surface area contributed by atoms with Gasteiger partial charge < -0.3 is 19.9 Å². The van der Waals surface area contributed by atoms with Gasteiger partial charge in [-0.15, -0.1) is 0 Å². The third-order valence-electron chi connectivity index (χ3n) is 5.45. The van der Waals surface area contributed by atoms with E-state index >= 15 is 0 Å². The number of hydrogen-bond donors (Lipinski definition) is 1. The molecule has 0 bridgehead atoms. The van der Waals surface area contributed by atoms with E-state index in [1.807, 2.05) is 4.90 Å². The molecule has 2 aromatic carbocycles. The molecule has 1 N–H and O–H groups in total. The van der Waals surface area contributed by atoms with E-state index in [2.05, 4.69) is 42.3 Å². The number of rotatable bonds is 6. The lowest BCUT2D eigenvalue weighted by molar-refractivity contribution is 0.0746. The lowest BCUT2D eigenvalue weighted by Crippen LogP contribution is -2.49.